The molecule has 0 aromatic carbocycles. The number of carbonyl (C=O) groups is 2. The van der Waals surface area contributed by atoms with Crippen LogP contribution in [0.5, 0.6) is 0 Å². The molecule has 0 aromatic heterocycles. The highest BCUT2D eigenvalue weighted by molar-refractivity contribution is 9.11. The van der Waals surface area contributed by atoms with Crippen LogP contribution in [-0.2, 0) is 4.79 Å². The highest BCUT2D eigenvalue weighted by Crippen LogP contribution is 2.19. The second kappa shape index (κ2) is 6.64. The monoisotopic (exact) mass is 304 g/mol. The van der Waals surface area contributed by atoms with Gasteiger partial charge in [-0.05, 0) is 19.3 Å². The largest absolute Gasteiger partial charge is 0.481 e. The van der Waals surface area contributed by atoms with Crippen molar-refractivity contribution in [1.82, 2.24) is 10.2 Å². The van der Waals surface area contributed by atoms with Gasteiger partial charge in [-0.2, -0.15) is 0 Å². The van der Waals surface area contributed by atoms with E-state index in [-0.39, 0.29) is 18.5 Å². The van der Waals surface area contributed by atoms with Crippen molar-refractivity contribution in [3.8, 4) is 0 Å². The van der Waals surface area contributed by atoms with Crippen LogP contribution in [0, 0.1) is 0 Å². The Morgan fingerprint density at radius 1 is 1.47 bits per heavy atom. The lowest BCUT2D eigenvalue weighted by Crippen LogP contribution is -2.49. The van der Waals surface area contributed by atoms with Gasteiger partial charge in [0.25, 0.3) is 0 Å². The van der Waals surface area contributed by atoms with Crippen LogP contribution in [0.3, 0.4) is 0 Å². The van der Waals surface area contributed by atoms with Crippen molar-refractivity contribution < 1.29 is 14.7 Å². The molecule has 1 fully saturated rings. The molecule has 2 amide bonds. The summed E-state index contributed by atoms with van der Waals surface area (Å²) < 4.78 is 0.692. The first-order chi connectivity index (χ1) is 8.00. The number of piperidine rings is 1. The Balaban J connectivity index is 2.54. The van der Waals surface area contributed by atoms with Gasteiger partial charge >= 0.3 is 12.0 Å². The smallest absolute Gasteiger partial charge is 0.317 e. The predicted molar refractivity (Wildman–Crippen MR) is 68.1 cm³/mol. The van der Waals surface area contributed by atoms with Gasteiger partial charge in [-0.25, -0.2) is 4.79 Å². The van der Waals surface area contributed by atoms with Crippen molar-refractivity contribution in [2.75, 3.05) is 13.1 Å². The molecule has 5 nitrogen and oxygen atoms in total. The standard InChI is InChI=1S/C11H17BrN2O3/c1-8(12)7-13-11(17)14-5-3-2-4-9(14)6-10(15)16/h9H,1-7H2,(H,13,17)(H,15,16). The Labute approximate surface area is 109 Å². The number of halogens is 1. The highest BCUT2D eigenvalue weighted by Gasteiger charge is 2.28. The van der Waals surface area contributed by atoms with Crippen LogP contribution >= 0.6 is 15.9 Å². The van der Waals surface area contributed by atoms with E-state index in [0.29, 0.717) is 17.6 Å². The van der Waals surface area contributed by atoms with Crippen molar-refractivity contribution in [2.24, 2.45) is 0 Å². The third-order valence-electron chi connectivity index (χ3n) is 2.73. The third kappa shape index (κ3) is 4.77. The number of carboxylic acid groups (broad SMARTS) is 1. The van der Waals surface area contributed by atoms with Crippen LogP contribution in [0.15, 0.2) is 11.1 Å². The number of likely N-dealkylation sites (tertiary alicyclic amines) is 1. The van der Waals surface area contributed by atoms with Crippen LogP contribution in [0.25, 0.3) is 0 Å². The molecule has 0 bridgehead atoms. The molecule has 1 rings (SSSR count). The Hall–Kier alpha value is -1.04. The lowest BCUT2D eigenvalue weighted by molar-refractivity contribution is -0.138. The normalized spacial score (nSPS) is 19.8. The summed E-state index contributed by atoms with van der Waals surface area (Å²) in [6, 6.07) is -0.401. The van der Waals surface area contributed by atoms with Crippen LogP contribution in [-0.4, -0.2) is 41.1 Å². The summed E-state index contributed by atoms with van der Waals surface area (Å²) in [7, 11) is 0. The maximum atomic E-state index is 11.9. The molecule has 0 saturated carbocycles. The average molecular weight is 305 g/mol. The first-order valence-electron chi connectivity index (χ1n) is 5.60. The molecule has 1 atom stereocenters. The average Bonchev–Trinajstić information content (AvgIpc) is 2.25. The second-order valence-electron chi connectivity index (χ2n) is 4.12. The van der Waals surface area contributed by atoms with Gasteiger partial charge < -0.3 is 15.3 Å². The Morgan fingerprint density at radius 3 is 2.76 bits per heavy atom. The van der Waals surface area contributed by atoms with Crippen molar-refractivity contribution in [1.29, 1.82) is 0 Å². The minimum atomic E-state index is -0.861. The molecule has 1 aliphatic rings. The number of amides is 2. The molecule has 17 heavy (non-hydrogen) atoms. The number of aliphatic carboxylic acids is 1. The predicted octanol–water partition coefficient (Wildman–Crippen LogP) is 1.93. The Bertz CT molecular complexity index is 320. The first kappa shape index (κ1) is 14.0. The van der Waals surface area contributed by atoms with Crippen molar-refractivity contribution >= 4 is 27.9 Å². The fourth-order valence-corrected chi connectivity index (χ4v) is 2.09. The molecule has 0 aromatic rings. The van der Waals surface area contributed by atoms with Gasteiger partial charge in [-0.3, -0.25) is 4.79 Å². The van der Waals surface area contributed by atoms with Crippen LogP contribution in [0.2, 0.25) is 0 Å². The summed E-state index contributed by atoms with van der Waals surface area (Å²) in [4.78, 5) is 24.2. The van der Waals surface area contributed by atoms with Gasteiger partial charge in [-0.15, -0.1) is 0 Å². The lowest BCUT2D eigenvalue weighted by Gasteiger charge is -2.34. The van der Waals surface area contributed by atoms with E-state index >= 15 is 0 Å². The van der Waals surface area contributed by atoms with Crippen molar-refractivity contribution in [3.05, 3.63) is 11.1 Å². The molecule has 1 unspecified atom stereocenters. The highest BCUT2D eigenvalue weighted by atomic mass is 79.9. The fourth-order valence-electron chi connectivity index (χ4n) is 1.95. The minimum absolute atomic E-state index is 0.0165. The van der Waals surface area contributed by atoms with Gasteiger partial charge in [0.05, 0.1) is 13.0 Å². The number of urea groups is 1. The maximum Gasteiger partial charge on any atom is 0.317 e. The fraction of sp³-hybridized carbons (Fsp3) is 0.636. The summed E-state index contributed by atoms with van der Waals surface area (Å²) in [6.07, 6.45) is 2.68. The molecule has 0 radical (unpaired) electrons. The Morgan fingerprint density at radius 2 is 2.18 bits per heavy atom. The molecular formula is C11H17BrN2O3. The summed E-state index contributed by atoms with van der Waals surface area (Å²) >= 11 is 3.16. The van der Waals surface area contributed by atoms with Gasteiger partial charge in [0.2, 0.25) is 0 Å². The van der Waals surface area contributed by atoms with Crippen molar-refractivity contribution in [2.45, 2.75) is 31.7 Å². The molecule has 0 aliphatic carbocycles. The molecular weight excluding hydrogens is 288 g/mol. The maximum absolute atomic E-state index is 11.9. The molecule has 1 heterocycles. The number of rotatable bonds is 4. The van der Waals surface area contributed by atoms with E-state index in [9.17, 15) is 9.59 Å². The zero-order chi connectivity index (χ0) is 12.8. The summed E-state index contributed by atoms with van der Waals surface area (Å²) in [5.74, 6) is -0.861. The molecule has 96 valence electrons. The molecule has 2 N–H and O–H groups in total. The minimum Gasteiger partial charge on any atom is -0.481 e. The van der Waals surface area contributed by atoms with Gasteiger partial charge in [-0.1, -0.05) is 22.5 Å². The number of carboxylic acids is 1. The third-order valence-corrected chi connectivity index (χ3v) is 3.01. The van der Waals surface area contributed by atoms with Crippen LogP contribution in [0.4, 0.5) is 4.79 Å². The van der Waals surface area contributed by atoms with E-state index in [1.165, 1.54) is 0 Å². The van der Waals surface area contributed by atoms with E-state index in [4.69, 9.17) is 5.11 Å². The van der Waals surface area contributed by atoms with Gasteiger partial charge in [0.1, 0.15) is 0 Å². The van der Waals surface area contributed by atoms with E-state index in [1.807, 2.05) is 0 Å². The number of carbonyl (C=O) groups excluding carboxylic acids is 1. The van der Waals surface area contributed by atoms with Gasteiger partial charge in [0.15, 0.2) is 0 Å². The summed E-state index contributed by atoms with van der Waals surface area (Å²) in [5.41, 5.74) is 0. The molecule has 6 heteroatoms. The summed E-state index contributed by atoms with van der Waals surface area (Å²) in [5, 5.41) is 11.5. The topological polar surface area (TPSA) is 69.6 Å². The lowest BCUT2D eigenvalue weighted by atomic mass is 10.00. The number of hydrogen-bond donors (Lipinski definition) is 2. The van der Waals surface area contributed by atoms with E-state index in [0.717, 1.165) is 19.3 Å². The van der Waals surface area contributed by atoms with E-state index in [2.05, 4.69) is 27.8 Å². The zero-order valence-corrected chi connectivity index (χ0v) is 11.2. The number of nitrogens with zero attached hydrogens (tertiary/aromatic N) is 1. The quantitative estimate of drug-likeness (QED) is 0.834. The molecule has 0 spiro atoms. The van der Waals surface area contributed by atoms with Crippen LogP contribution < -0.4 is 5.32 Å². The number of nitrogens with one attached hydrogen (secondary N) is 1. The Kier molecular flexibility index (Phi) is 5.47. The molecule has 1 aliphatic heterocycles. The SMILES string of the molecule is C=C(Br)CNC(=O)N1CCCCC1CC(=O)O. The molecule has 1 saturated heterocycles. The number of hydrogen-bond acceptors (Lipinski definition) is 2. The van der Waals surface area contributed by atoms with E-state index < -0.39 is 5.97 Å². The second-order valence-corrected chi connectivity index (χ2v) is 5.24. The first-order valence-corrected chi connectivity index (χ1v) is 6.39. The van der Waals surface area contributed by atoms with Crippen LogP contribution in [0.1, 0.15) is 25.7 Å². The summed E-state index contributed by atoms with van der Waals surface area (Å²) in [6.45, 7) is 4.61. The van der Waals surface area contributed by atoms with Crippen molar-refractivity contribution in [3.63, 3.8) is 0 Å². The zero-order valence-electron chi connectivity index (χ0n) is 9.62. The van der Waals surface area contributed by atoms with E-state index in [1.54, 1.807) is 4.90 Å². The van der Waals surface area contributed by atoms with Gasteiger partial charge in [0, 0.05) is 17.1 Å².